The fourth-order valence-electron chi connectivity index (χ4n) is 5.52. The summed E-state index contributed by atoms with van der Waals surface area (Å²) >= 11 is 6.38. The van der Waals surface area contributed by atoms with Gasteiger partial charge in [0.1, 0.15) is 22.8 Å². The second kappa shape index (κ2) is 10.8. The van der Waals surface area contributed by atoms with Crippen molar-refractivity contribution in [2.24, 2.45) is 5.92 Å². The Morgan fingerprint density at radius 3 is 2.15 bits per heavy atom. The summed E-state index contributed by atoms with van der Waals surface area (Å²) < 4.78 is 5.93. The van der Waals surface area contributed by atoms with Gasteiger partial charge in [-0.25, -0.2) is 4.98 Å². The predicted molar refractivity (Wildman–Crippen MR) is 162 cm³/mol. The van der Waals surface area contributed by atoms with E-state index in [-0.39, 0.29) is 28.2 Å². The van der Waals surface area contributed by atoms with Crippen LogP contribution in [0.25, 0.3) is 55.1 Å². The third-order valence-electron chi connectivity index (χ3n) is 7.70. The molecule has 0 spiro atoms. The highest BCUT2D eigenvalue weighted by Gasteiger charge is 2.20. The lowest BCUT2D eigenvalue weighted by Gasteiger charge is -2.17. The molecule has 1 atom stereocenters. The molecule has 0 radical (unpaired) electrons. The average Bonchev–Trinajstić information content (AvgIpc) is 2.95. The maximum Gasteiger partial charge on any atom is 0.226 e. The van der Waals surface area contributed by atoms with E-state index in [1.807, 2.05) is 12.1 Å². The molecular weight excluding hydrogens is 522 g/mol. The minimum atomic E-state index is -0.194. The van der Waals surface area contributed by atoms with E-state index >= 15 is 0 Å². The number of ether oxygens (including phenoxy) is 1. The van der Waals surface area contributed by atoms with E-state index in [2.05, 4.69) is 71.3 Å². The molecule has 0 saturated heterocycles. The zero-order valence-corrected chi connectivity index (χ0v) is 23.2. The van der Waals surface area contributed by atoms with Crippen LogP contribution in [0.3, 0.4) is 0 Å². The lowest BCUT2D eigenvalue weighted by molar-refractivity contribution is 0.232. The van der Waals surface area contributed by atoms with Crippen molar-refractivity contribution in [2.45, 2.75) is 39.5 Å². The standard InChI is InChI=1S/C33H30ClN3O3/c1-3-5-7-19(4-2)18-40-23-16-26(38)30(27(39)17-23)32-35-31(36-33(34)37-32)25-15-13-22-11-10-20-8-6-9-21-12-14-24(25)29(22)28(20)21/h6,8-17,19,38-39H,3-5,7,18H2,1-2H3. The Labute approximate surface area is 237 Å². The number of aromatic nitrogens is 3. The molecule has 0 aliphatic rings. The molecule has 6 rings (SSSR count). The van der Waals surface area contributed by atoms with E-state index in [1.165, 1.54) is 17.5 Å². The maximum atomic E-state index is 10.9. The van der Waals surface area contributed by atoms with Gasteiger partial charge in [-0.05, 0) is 62.3 Å². The highest BCUT2D eigenvalue weighted by atomic mass is 35.5. The van der Waals surface area contributed by atoms with Crippen LogP contribution < -0.4 is 4.74 Å². The number of nitrogens with zero attached hydrogens (tertiary/aromatic N) is 3. The van der Waals surface area contributed by atoms with Gasteiger partial charge in [-0.1, -0.05) is 81.6 Å². The van der Waals surface area contributed by atoms with Crippen molar-refractivity contribution in [1.82, 2.24) is 15.0 Å². The summed E-state index contributed by atoms with van der Waals surface area (Å²) in [5, 5.41) is 28.5. The van der Waals surface area contributed by atoms with Crippen LogP contribution in [0.15, 0.2) is 66.7 Å². The Hall–Kier alpha value is -4.16. The van der Waals surface area contributed by atoms with Gasteiger partial charge in [0.05, 0.1) is 6.61 Å². The van der Waals surface area contributed by atoms with Crippen LogP contribution >= 0.6 is 11.6 Å². The topological polar surface area (TPSA) is 88.4 Å². The molecule has 7 heteroatoms. The molecule has 0 aliphatic carbocycles. The van der Waals surface area contributed by atoms with Crippen molar-refractivity contribution < 1.29 is 14.9 Å². The van der Waals surface area contributed by atoms with Gasteiger partial charge in [0.15, 0.2) is 11.6 Å². The minimum Gasteiger partial charge on any atom is -0.507 e. The first-order chi connectivity index (χ1) is 19.5. The van der Waals surface area contributed by atoms with Crippen molar-refractivity contribution in [2.75, 3.05) is 6.61 Å². The van der Waals surface area contributed by atoms with Gasteiger partial charge in [-0.3, -0.25) is 0 Å². The highest BCUT2D eigenvalue weighted by Crippen LogP contribution is 2.42. The zero-order chi connectivity index (χ0) is 27.8. The molecule has 0 fully saturated rings. The molecule has 202 valence electrons. The zero-order valence-electron chi connectivity index (χ0n) is 22.5. The molecule has 40 heavy (non-hydrogen) atoms. The lowest BCUT2D eigenvalue weighted by atomic mass is 9.92. The Morgan fingerprint density at radius 2 is 1.45 bits per heavy atom. The van der Waals surface area contributed by atoms with Crippen molar-refractivity contribution in [1.29, 1.82) is 0 Å². The first-order valence-electron chi connectivity index (χ1n) is 13.7. The van der Waals surface area contributed by atoms with Gasteiger partial charge in [0, 0.05) is 17.7 Å². The molecule has 5 aromatic carbocycles. The van der Waals surface area contributed by atoms with Gasteiger partial charge in [0.2, 0.25) is 5.28 Å². The summed E-state index contributed by atoms with van der Waals surface area (Å²) in [5.74, 6) is 0.853. The summed E-state index contributed by atoms with van der Waals surface area (Å²) in [5.41, 5.74) is 0.863. The van der Waals surface area contributed by atoms with Gasteiger partial charge >= 0.3 is 0 Å². The SMILES string of the molecule is CCCCC(CC)COc1cc(O)c(-c2nc(Cl)nc(-c3ccc4ccc5cccc6ccc3c4c56)n2)c(O)c1. The fraction of sp³-hybridized carbons (Fsp3) is 0.242. The van der Waals surface area contributed by atoms with Crippen molar-refractivity contribution in [3.05, 3.63) is 72.0 Å². The van der Waals surface area contributed by atoms with Crippen molar-refractivity contribution >= 4 is 43.9 Å². The molecule has 0 bridgehead atoms. The van der Waals surface area contributed by atoms with Crippen molar-refractivity contribution in [3.63, 3.8) is 0 Å². The number of hydrogen-bond acceptors (Lipinski definition) is 6. The molecular formula is C33H30ClN3O3. The molecule has 0 amide bonds. The Kier molecular flexibility index (Phi) is 7.03. The number of aromatic hydroxyl groups is 2. The molecule has 6 aromatic rings. The highest BCUT2D eigenvalue weighted by molar-refractivity contribution is 6.28. The van der Waals surface area contributed by atoms with Crippen LogP contribution in [0.5, 0.6) is 17.2 Å². The average molecular weight is 552 g/mol. The summed E-state index contributed by atoms with van der Waals surface area (Å²) in [4.78, 5) is 13.3. The van der Waals surface area contributed by atoms with E-state index in [1.54, 1.807) is 0 Å². The summed E-state index contributed by atoms with van der Waals surface area (Å²) in [7, 11) is 0. The van der Waals surface area contributed by atoms with Crippen LogP contribution in [0.1, 0.15) is 39.5 Å². The third-order valence-corrected chi connectivity index (χ3v) is 7.87. The fourth-order valence-corrected chi connectivity index (χ4v) is 5.68. The number of halogens is 1. The lowest BCUT2D eigenvalue weighted by Crippen LogP contribution is -2.11. The number of phenolic OH excluding ortho intramolecular Hbond substituents is 2. The summed E-state index contributed by atoms with van der Waals surface area (Å²) in [6.07, 6.45) is 4.37. The second-order valence-electron chi connectivity index (χ2n) is 10.3. The Balaban J connectivity index is 1.40. The number of phenols is 2. The maximum absolute atomic E-state index is 10.9. The van der Waals surface area contributed by atoms with Crippen LogP contribution in [-0.2, 0) is 0 Å². The van der Waals surface area contributed by atoms with E-state index in [9.17, 15) is 10.2 Å². The van der Waals surface area contributed by atoms with Gasteiger partial charge in [0.25, 0.3) is 0 Å². The summed E-state index contributed by atoms with van der Waals surface area (Å²) in [6.45, 7) is 4.83. The smallest absolute Gasteiger partial charge is 0.226 e. The van der Waals surface area contributed by atoms with Crippen LogP contribution in [0, 0.1) is 5.92 Å². The molecule has 2 N–H and O–H groups in total. The number of benzene rings is 5. The number of hydrogen-bond donors (Lipinski definition) is 2. The van der Waals surface area contributed by atoms with Crippen molar-refractivity contribution in [3.8, 4) is 40.0 Å². The molecule has 1 aromatic heterocycles. The summed E-state index contributed by atoms with van der Waals surface area (Å²) in [6, 6.07) is 21.7. The first-order valence-corrected chi connectivity index (χ1v) is 14.1. The minimum absolute atomic E-state index is 0.0356. The molecule has 1 unspecified atom stereocenters. The predicted octanol–water partition coefficient (Wildman–Crippen LogP) is 8.76. The normalized spacial score (nSPS) is 12.5. The van der Waals surface area contributed by atoms with Gasteiger partial charge in [-0.2, -0.15) is 9.97 Å². The largest absolute Gasteiger partial charge is 0.507 e. The molecule has 1 heterocycles. The third kappa shape index (κ3) is 4.73. The molecule has 0 aliphatic heterocycles. The quantitative estimate of drug-likeness (QED) is 0.175. The van der Waals surface area contributed by atoms with E-state index in [0.717, 1.165) is 58.2 Å². The van der Waals surface area contributed by atoms with Crippen LogP contribution in [0.4, 0.5) is 0 Å². The first kappa shape index (κ1) is 26.1. The molecule has 0 saturated carbocycles. The Morgan fingerprint density at radius 1 is 0.800 bits per heavy atom. The Bertz CT molecular complexity index is 1800. The van der Waals surface area contributed by atoms with Crippen LogP contribution in [0.2, 0.25) is 5.28 Å². The number of rotatable bonds is 9. The van der Waals surface area contributed by atoms with Crippen LogP contribution in [-0.4, -0.2) is 31.8 Å². The van der Waals surface area contributed by atoms with Gasteiger partial charge in [-0.15, -0.1) is 0 Å². The van der Waals surface area contributed by atoms with Gasteiger partial charge < -0.3 is 14.9 Å². The second-order valence-corrected chi connectivity index (χ2v) is 10.6. The monoisotopic (exact) mass is 551 g/mol. The van der Waals surface area contributed by atoms with E-state index < -0.39 is 0 Å². The van der Waals surface area contributed by atoms with E-state index in [4.69, 9.17) is 16.3 Å². The van der Waals surface area contributed by atoms with E-state index in [0.29, 0.717) is 24.1 Å². The number of unbranched alkanes of at least 4 members (excludes halogenated alkanes) is 1. The molecule has 6 nitrogen and oxygen atoms in total.